The zero-order valence-corrected chi connectivity index (χ0v) is 10.8. The molecule has 0 aromatic carbocycles. The van der Waals surface area contributed by atoms with Gasteiger partial charge in [-0.05, 0) is 25.7 Å². The smallest absolute Gasteiger partial charge is 0.128 e. The topological polar surface area (TPSA) is 42.4 Å². The molecule has 1 rings (SSSR count). The minimum Gasteiger partial charge on any atom is -0.496 e. The van der Waals surface area contributed by atoms with E-state index in [2.05, 4.69) is 4.98 Å². The van der Waals surface area contributed by atoms with Gasteiger partial charge in [0.25, 0.3) is 0 Å². The van der Waals surface area contributed by atoms with Gasteiger partial charge >= 0.3 is 0 Å². The van der Waals surface area contributed by atoms with Gasteiger partial charge in [-0.1, -0.05) is 13.8 Å². The van der Waals surface area contributed by atoms with Gasteiger partial charge in [-0.25, -0.2) is 0 Å². The summed E-state index contributed by atoms with van der Waals surface area (Å²) in [5.74, 6) is 0.902. The molecule has 0 atom stereocenters. The van der Waals surface area contributed by atoms with E-state index >= 15 is 0 Å². The van der Waals surface area contributed by atoms with Gasteiger partial charge in [0.15, 0.2) is 0 Å². The normalized spacial score (nSPS) is 11.6. The van der Waals surface area contributed by atoms with Crippen molar-refractivity contribution in [2.45, 2.75) is 34.1 Å². The molecule has 0 fully saturated rings. The summed E-state index contributed by atoms with van der Waals surface area (Å²) in [7, 11) is 1.68. The predicted octanol–water partition coefficient (Wildman–Crippen LogP) is 2.27. The summed E-state index contributed by atoms with van der Waals surface area (Å²) in [5, 5.41) is 9.27. The Balaban J connectivity index is 3.07. The number of aromatic nitrogens is 1. The van der Waals surface area contributed by atoms with E-state index in [-0.39, 0.29) is 12.0 Å². The lowest BCUT2D eigenvalue weighted by atomic mass is 9.87. The lowest BCUT2D eigenvalue weighted by molar-refractivity contribution is 0.158. The van der Waals surface area contributed by atoms with Crippen molar-refractivity contribution >= 4 is 0 Å². The molecular formula is C13H21NO2. The molecule has 0 aliphatic carbocycles. The predicted molar refractivity (Wildman–Crippen MR) is 64.8 cm³/mol. The molecule has 1 heterocycles. The Labute approximate surface area is 97.5 Å². The standard InChI is InChI=1S/C13H21NO2/c1-9-7-14-11(6-13(3,4)8-15)10(2)12(9)16-5/h7,15H,6,8H2,1-5H3. The van der Waals surface area contributed by atoms with Gasteiger partial charge in [-0.15, -0.1) is 0 Å². The number of rotatable bonds is 4. The molecular weight excluding hydrogens is 202 g/mol. The van der Waals surface area contributed by atoms with Crippen LogP contribution in [-0.2, 0) is 6.42 Å². The number of nitrogens with zero attached hydrogens (tertiary/aromatic N) is 1. The third-order valence-corrected chi connectivity index (χ3v) is 2.82. The highest BCUT2D eigenvalue weighted by Gasteiger charge is 2.20. The first-order chi connectivity index (χ1) is 7.41. The van der Waals surface area contributed by atoms with Gasteiger partial charge < -0.3 is 9.84 Å². The third-order valence-electron chi connectivity index (χ3n) is 2.82. The lowest BCUT2D eigenvalue weighted by Crippen LogP contribution is -2.21. The Kier molecular flexibility index (Phi) is 3.92. The van der Waals surface area contributed by atoms with Crippen molar-refractivity contribution in [2.24, 2.45) is 5.41 Å². The maximum atomic E-state index is 9.27. The molecule has 0 aliphatic rings. The lowest BCUT2D eigenvalue weighted by Gasteiger charge is -2.22. The summed E-state index contributed by atoms with van der Waals surface area (Å²) in [4.78, 5) is 4.43. The van der Waals surface area contributed by atoms with Crippen LogP contribution < -0.4 is 4.74 Å². The van der Waals surface area contributed by atoms with E-state index in [0.29, 0.717) is 0 Å². The molecule has 0 amide bonds. The van der Waals surface area contributed by atoms with E-state index in [0.717, 1.165) is 29.0 Å². The molecule has 0 unspecified atom stereocenters. The third kappa shape index (κ3) is 2.73. The molecule has 0 aliphatic heterocycles. The van der Waals surface area contributed by atoms with Crippen LogP contribution in [0.3, 0.4) is 0 Å². The maximum Gasteiger partial charge on any atom is 0.128 e. The molecule has 0 radical (unpaired) electrons. The second-order valence-corrected chi connectivity index (χ2v) is 5.05. The molecule has 1 N–H and O–H groups in total. The zero-order chi connectivity index (χ0) is 12.3. The first-order valence-electron chi connectivity index (χ1n) is 5.51. The van der Waals surface area contributed by atoms with Crippen LogP contribution in [-0.4, -0.2) is 23.8 Å². The zero-order valence-electron chi connectivity index (χ0n) is 10.8. The van der Waals surface area contributed by atoms with Crippen LogP contribution in [0.15, 0.2) is 6.20 Å². The van der Waals surface area contributed by atoms with Crippen molar-refractivity contribution in [2.75, 3.05) is 13.7 Å². The summed E-state index contributed by atoms with van der Waals surface area (Å²) in [6.07, 6.45) is 2.58. The van der Waals surface area contributed by atoms with E-state index in [4.69, 9.17) is 4.74 Å². The monoisotopic (exact) mass is 223 g/mol. The van der Waals surface area contributed by atoms with Crippen LogP contribution >= 0.6 is 0 Å². The van der Waals surface area contributed by atoms with Gasteiger partial charge in [0.1, 0.15) is 5.75 Å². The second-order valence-electron chi connectivity index (χ2n) is 5.05. The Hall–Kier alpha value is -1.09. The number of aliphatic hydroxyl groups excluding tert-OH is 1. The number of ether oxygens (including phenoxy) is 1. The highest BCUT2D eigenvalue weighted by Crippen LogP contribution is 2.28. The number of pyridine rings is 1. The van der Waals surface area contributed by atoms with Crippen LogP contribution in [0.4, 0.5) is 0 Å². The van der Waals surface area contributed by atoms with Gasteiger partial charge in [-0.3, -0.25) is 4.98 Å². The van der Waals surface area contributed by atoms with E-state index in [9.17, 15) is 5.11 Å². The minimum atomic E-state index is -0.141. The van der Waals surface area contributed by atoms with Crippen LogP contribution in [0.25, 0.3) is 0 Å². The molecule has 90 valence electrons. The van der Waals surface area contributed by atoms with Crippen molar-refractivity contribution in [3.8, 4) is 5.75 Å². The quantitative estimate of drug-likeness (QED) is 0.851. The van der Waals surface area contributed by atoms with Crippen molar-refractivity contribution in [1.29, 1.82) is 0 Å². The first-order valence-corrected chi connectivity index (χ1v) is 5.51. The Morgan fingerprint density at radius 3 is 2.50 bits per heavy atom. The largest absolute Gasteiger partial charge is 0.496 e. The first kappa shape index (κ1) is 13.0. The van der Waals surface area contributed by atoms with Crippen molar-refractivity contribution in [1.82, 2.24) is 4.98 Å². The van der Waals surface area contributed by atoms with Crippen LogP contribution in [0.1, 0.15) is 30.7 Å². The van der Waals surface area contributed by atoms with E-state index in [1.54, 1.807) is 7.11 Å². The number of aryl methyl sites for hydroxylation is 1. The Bertz CT molecular complexity index is 372. The van der Waals surface area contributed by atoms with Gasteiger partial charge in [0, 0.05) is 29.6 Å². The summed E-state index contributed by atoms with van der Waals surface area (Å²) in [6, 6.07) is 0. The summed E-state index contributed by atoms with van der Waals surface area (Å²) >= 11 is 0. The Morgan fingerprint density at radius 2 is 2.00 bits per heavy atom. The van der Waals surface area contributed by atoms with Gasteiger partial charge in [0.05, 0.1) is 7.11 Å². The summed E-state index contributed by atoms with van der Waals surface area (Å²) in [5.41, 5.74) is 2.98. The van der Waals surface area contributed by atoms with Crippen LogP contribution in [0.5, 0.6) is 5.75 Å². The second kappa shape index (κ2) is 4.83. The average molecular weight is 223 g/mol. The molecule has 0 spiro atoms. The minimum absolute atomic E-state index is 0.141. The Morgan fingerprint density at radius 1 is 1.38 bits per heavy atom. The van der Waals surface area contributed by atoms with E-state index in [1.807, 2.05) is 33.9 Å². The van der Waals surface area contributed by atoms with Crippen molar-refractivity contribution < 1.29 is 9.84 Å². The number of hydrogen-bond acceptors (Lipinski definition) is 3. The molecule has 1 aromatic rings. The highest BCUT2D eigenvalue weighted by molar-refractivity contribution is 5.41. The van der Waals surface area contributed by atoms with Crippen LogP contribution in [0.2, 0.25) is 0 Å². The number of methoxy groups -OCH3 is 1. The number of aliphatic hydroxyl groups is 1. The maximum absolute atomic E-state index is 9.27. The fourth-order valence-electron chi connectivity index (χ4n) is 1.76. The molecule has 3 heteroatoms. The van der Waals surface area contributed by atoms with Crippen molar-refractivity contribution in [3.63, 3.8) is 0 Å². The van der Waals surface area contributed by atoms with Gasteiger partial charge in [0.2, 0.25) is 0 Å². The van der Waals surface area contributed by atoms with E-state index in [1.165, 1.54) is 0 Å². The van der Waals surface area contributed by atoms with Gasteiger partial charge in [-0.2, -0.15) is 0 Å². The molecule has 1 aromatic heterocycles. The molecule has 0 bridgehead atoms. The molecule has 3 nitrogen and oxygen atoms in total. The van der Waals surface area contributed by atoms with E-state index < -0.39 is 0 Å². The fraction of sp³-hybridized carbons (Fsp3) is 0.615. The highest BCUT2D eigenvalue weighted by atomic mass is 16.5. The molecule has 0 saturated carbocycles. The number of hydrogen-bond donors (Lipinski definition) is 1. The average Bonchev–Trinajstić information content (AvgIpc) is 2.23. The fourth-order valence-corrected chi connectivity index (χ4v) is 1.76. The van der Waals surface area contributed by atoms with Crippen molar-refractivity contribution in [3.05, 3.63) is 23.0 Å². The summed E-state index contributed by atoms with van der Waals surface area (Å²) < 4.78 is 5.36. The SMILES string of the molecule is COc1c(C)cnc(CC(C)(C)CO)c1C. The molecule has 16 heavy (non-hydrogen) atoms. The summed E-state index contributed by atoms with van der Waals surface area (Å²) in [6.45, 7) is 8.21. The van der Waals surface area contributed by atoms with Crippen LogP contribution in [0, 0.1) is 19.3 Å². The molecule has 0 saturated heterocycles.